The lowest BCUT2D eigenvalue weighted by molar-refractivity contribution is -0.123. The second kappa shape index (κ2) is 12.0. The molecule has 2 N–H and O–H groups in total. The van der Waals surface area contributed by atoms with E-state index >= 15 is 0 Å². The molecule has 0 radical (unpaired) electrons. The number of carbonyl (C=O) groups excluding carboxylic acids is 1. The average Bonchev–Trinajstić information content (AvgIpc) is 2.85. The first-order valence-electron chi connectivity index (χ1n) is 12.5. The van der Waals surface area contributed by atoms with Crippen LogP contribution in [-0.4, -0.2) is 111 Å². The van der Waals surface area contributed by atoms with E-state index in [1.807, 2.05) is 12.1 Å². The van der Waals surface area contributed by atoms with Gasteiger partial charge in [0.2, 0.25) is 21.9 Å². The van der Waals surface area contributed by atoms with Crippen LogP contribution in [0.15, 0.2) is 30.5 Å². The molecule has 11 nitrogen and oxygen atoms in total. The van der Waals surface area contributed by atoms with Crippen molar-refractivity contribution >= 4 is 21.9 Å². The van der Waals surface area contributed by atoms with Crippen LogP contribution in [-0.2, 0) is 14.8 Å². The molecule has 36 heavy (non-hydrogen) atoms. The molecule has 1 aromatic heterocycles. The van der Waals surface area contributed by atoms with E-state index in [0.29, 0.717) is 25.6 Å². The number of anilines is 1. The van der Waals surface area contributed by atoms with Gasteiger partial charge >= 0.3 is 0 Å². The Balaban J connectivity index is 1.17. The van der Waals surface area contributed by atoms with E-state index in [0.717, 1.165) is 63.4 Å². The number of aromatic nitrogens is 3. The molecule has 2 aliphatic heterocycles. The SMILES string of the molecule is Cc1ccc(-c2cnnc(N3CCN(CC(=O)NC4CCN(CCNS(C)(=O)=O)CC4)CC3)n2)cc1. The molecule has 0 spiro atoms. The first-order chi connectivity index (χ1) is 17.2. The molecule has 2 aliphatic rings. The number of hydrogen-bond donors (Lipinski definition) is 2. The highest BCUT2D eigenvalue weighted by molar-refractivity contribution is 7.88. The minimum Gasteiger partial charge on any atom is -0.352 e. The number of sulfonamides is 1. The number of nitrogens with zero attached hydrogens (tertiary/aromatic N) is 6. The molecule has 0 bridgehead atoms. The minimum atomic E-state index is -3.15. The van der Waals surface area contributed by atoms with Crippen molar-refractivity contribution in [2.45, 2.75) is 25.8 Å². The summed E-state index contributed by atoms with van der Waals surface area (Å²) in [6.45, 7) is 8.25. The fraction of sp³-hybridized carbons (Fsp3) is 0.583. The highest BCUT2D eigenvalue weighted by Gasteiger charge is 2.24. The van der Waals surface area contributed by atoms with Gasteiger partial charge in [0.15, 0.2) is 0 Å². The average molecular weight is 517 g/mol. The summed E-state index contributed by atoms with van der Waals surface area (Å²) in [6, 6.07) is 8.37. The van der Waals surface area contributed by atoms with Crippen molar-refractivity contribution in [2.75, 3.05) is 70.1 Å². The summed E-state index contributed by atoms with van der Waals surface area (Å²) in [7, 11) is -3.15. The van der Waals surface area contributed by atoms with Gasteiger partial charge in [0.1, 0.15) is 0 Å². The van der Waals surface area contributed by atoms with Gasteiger partial charge in [-0.15, -0.1) is 5.10 Å². The molecule has 12 heteroatoms. The zero-order chi connectivity index (χ0) is 25.5. The van der Waals surface area contributed by atoms with Gasteiger partial charge in [-0.2, -0.15) is 5.10 Å². The molecule has 2 aromatic rings. The molecule has 196 valence electrons. The number of rotatable bonds is 9. The summed E-state index contributed by atoms with van der Waals surface area (Å²) >= 11 is 0. The molecule has 4 rings (SSSR count). The van der Waals surface area contributed by atoms with Crippen LogP contribution in [0, 0.1) is 6.92 Å². The number of amides is 1. The van der Waals surface area contributed by atoms with Gasteiger partial charge in [-0.25, -0.2) is 18.1 Å². The van der Waals surface area contributed by atoms with Crippen molar-refractivity contribution < 1.29 is 13.2 Å². The van der Waals surface area contributed by atoms with E-state index in [-0.39, 0.29) is 11.9 Å². The third kappa shape index (κ3) is 7.92. The van der Waals surface area contributed by atoms with Gasteiger partial charge in [-0.1, -0.05) is 29.8 Å². The van der Waals surface area contributed by atoms with Crippen LogP contribution in [0.25, 0.3) is 11.3 Å². The van der Waals surface area contributed by atoms with Gasteiger partial charge in [0.25, 0.3) is 0 Å². The topological polar surface area (TPSA) is 124 Å². The Morgan fingerprint density at radius 2 is 1.72 bits per heavy atom. The molecule has 0 atom stereocenters. The lowest BCUT2D eigenvalue weighted by Gasteiger charge is -2.35. The number of carbonyl (C=O) groups is 1. The van der Waals surface area contributed by atoms with Crippen LogP contribution < -0.4 is 14.9 Å². The second-order valence-electron chi connectivity index (χ2n) is 9.62. The lowest BCUT2D eigenvalue weighted by atomic mass is 10.1. The number of aryl methyl sites for hydroxylation is 1. The summed E-state index contributed by atoms with van der Waals surface area (Å²) in [5, 5.41) is 11.6. The standard InChI is InChI=1S/C24H36N8O3S/c1-19-3-5-20(6-4-19)22-17-25-29-24(28-22)32-15-13-31(14-16-32)18-23(33)27-21-7-10-30(11-8-21)12-9-26-36(2,34)35/h3-6,17,21,26H,7-16,18H2,1-2H3,(H,27,33). The zero-order valence-electron chi connectivity index (χ0n) is 21.1. The second-order valence-corrected chi connectivity index (χ2v) is 11.5. The van der Waals surface area contributed by atoms with Crippen molar-refractivity contribution in [1.82, 2.24) is 35.0 Å². The maximum Gasteiger partial charge on any atom is 0.245 e. The van der Waals surface area contributed by atoms with Gasteiger partial charge in [-0.05, 0) is 19.8 Å². The third-order valence-electron chi connectivity index (χ3n) is 6.66. The first-order valence-corrected chi connectivity index (χ1v) is 14.3. The predicted octanol–water partition coefficient (Wildman–Crippen LogP) is 0.0988. The van der Waals surface area contributed by atoms with Crippen LogP contribution in [0.2, 0.25) is 0 Å². The Bertz CT molecular complexity index is 1110. The molecule has 0 aliphatic carbocycles. The quantitative estimate of drug-likeness (QED) is 0.478. The first kappa shape index (κ1) is 26.4. The smallest absolute Gasteiger partial charge is 0.245 e. The summed E-state index contributed by atoms with van der Waals surface area (Å²) < 4.78 is 24.9. The summed E-state index contributed by atoms with van der Waals surface area (Å²) in [6.07, 6.45) is 4.61. The van der Waals surface area contributed by atoms with E-state index < -0.39 is 10.0 Å². The normalized spacial score (nSPS) is 18.3. The molecule has 1 amide bonds. The van der Waals surface area contributed by atoms with Crippen molar-refractivity contribution in [3.05, 3.63) is 36.0 Å². The Kier molecular flexibility index (Phi) is 8.83. The van der Waals surface area contributed by atoms with Crippen LogP contribution in [0.5, 0.6) is 0 Å². The predicted molar refractivity (Wildman–Crippen MR) is 139 cm³/mol. The van der Waals surface area contributed by atoms with E-state index in [4.69, 9.17) is 4.98 Å². The van der Waals surface area contributed by atoms with Crippen LogP contribution in [0.1, 0.15) is 18.4 Å². The molecule has 3 heterocycles. The van der Waals surface area contributed by atoms with Crippen molar-refractivity contribution in [3.63, 3.8) is 0 Å². The summed E-state index contributed by atoms with van der Waals surface area (Å²) in [4.78, 5) is 23.8. The molecule has 0 unspecified atom stereocenters. The van der Waals surface area contributed by atoms with Crippen LogP contribution >= 0.6 is 0 Å². The van der Waals surface area contributed by atoms with Gasteiger partial charge in [0, 0.05) is 64.0 Å². The number of hydrogen-bond acceptors (Lipinski definition) is 9. The summed E-state index contributed by atoms with van der Waals surface area (Å²) in [5.41, 5.74) is 3.02. The molecule has 0 saturated carbocycles. The molecule has 2 saturated heterocycles. The fourth-order valence-electron chi connectivity index (χ4n) is 4.56. The number of nitrogens with one attached hydrogen (secondary N) is 2. The highest BCUT2D eigenvalue weighted by Crippen LogP contribution is 2.19. The van der Waals surface area contributed by atoms with E-state index in [9.17, 15) is 13.2 Å². The molecular formula is C24H36N8O3S. The maximum absolute atomic E-state index is 12.6. The van der Waals surface area contributed by atoms with Crippen molar-refractivity contribution in [1.29, 1.82) is 0 Å². The lowest BCUT2D eigenvalue weighted by Crippen LogP contribution is -2.52. The number of likely N-dealkylation sites (tertiary alicyclic amines) is 1. The van der Waals surface area contributed by atoms with Crippen LogP contribution in [0.4, 0.5) is 5.95 Å². The van der Waals surface area contributed by atoms with E-state index in [1.54, 1.807) is 6.20 Å². The Morgan fingerprint density at radius 3 is 2.39 bits per heavy atom. The van der Waals surface area contributed by atoms with E-state index in [1.165, 1.54) is 11.8 Å². The maximum atomic E-state index is 12.6. The number of benzene rings is 1. The fourth-order valence-corrected chi connectivity index (χ4v) is 5.03. The van der Waals surface area contributed by atoms with Gasteiger partial charge < -0.3 is 15.1 Å². The van der Waals surface area contributed by atoms with Crippen molar-refractivity contribution in [3.8, 4) is 11.3 Å². The summed E-state index contributed by atoms with van der Waals surface area (Å²) in [5.74, 6) is 0.676. The van der Waals surface area contributed by atoms with Gasteiger partial charge in [-0.3, -0.25) is 9.69 Å². The minimum absolute atomic E-state index is 0.0555. The zero-order valence-corrected chi connectivity index (χ0v) is 21.9. The van der Waals surface area contributed by atoms with Crippen molar-refractivity contribution in [2.24, 2.45) is 0 Å². The Morgan fingerprint density at radius 1 is 1.03 bits per heavy atom. The Hall–Kier alpha value is -2.67. The molecule has 1 aromatic carbocycles. The monoisotopic (exact) mass is 516 g/mol. The highest BCUT2D eigenvalue weighted by atomic mass is 32.2. The number of piperazine rings is 1. The van der Waals surface area contributed by atoms with E-state index in [2.05, 4.69) is 54.0 Å². The molecule has 2 fully saturated rings. The van der Waals surface area contributed by atoms with Gasteiger partial charge in [0.05, 0.1) is 24.7 Å². The third-order valence-corrected chi connectivity index (χ3v) is 7.39. The van der Waals surface area contributed by atoms with Crippen LogP contribution in [0.3, 0.4) is 0 Å². The number of piperidine rings is 1. The Labute approximate surface area is 213 Å². The molecular weight excluding hydrogens is 480 g/mol. The largest absolute Gasteiger partial charge is 0.352 e.